The number of carbonyl (C=O) groups excluding carboxylic acids is 2. The van der Waals surface area contributed by atoms with Gasteiger partial charge < -0.3 is 15.4 Å². The van der Waals surface area contributed by atoms with Gasteiger partial charge in [0.25, 0.3) is 5.91 Å². The first-order chi connectivity index (χ1) is 11.7. The molecule has 0 aliphatic rings. The van der Waals surface area contributed by atoms with Crippen LogP contribution >= 0.6 is 0 Å². The molecule has 2 amide bonds. The molecule has 2 aromatic carbocycles. The monoisotopic (exact) mass is 326 g/mol. The maximum atomic E-state index is 12.4. The smallest absolute Gasteiger partial charge is 0.253 e. The minimum Gasteiger partial charge on any atom is -0.381 e. The van der Waals surface area contributed by atoms with Crippen LogP contribution in [0.5, 0.6) is 0 Å². The van der Waals surface area contributed by atoms with E-state index in [1.54, 1.807) is 24.3 Å². The molecule has 0 bridgehead atoms. The predicted molar refractivity (Wildman–Crippen MR) is 93.8 cm³/mol. The van der Waals surface area contributed by atoms with Gasteiger partial charge in [0.1, 0.15) is 0 Å². The summed E-state index contributed by atoms with van der Waals surface area (Å²) >= 11 is 0. The molecule has 5 heteroatoms. The largest absolute Gasteiger partial charge is 0.381 e. The van der Waals surface area contributed by atoms with Gasteiger partial charge in [-0.25, -0.2) is 0 Å². The average molecular weight is 326 g/mol. The Hall–Kier alpha value is -2.66. The van der Waals surface area contributed by atoms with Gasteiger partial charge in [0.15, 0.2) is 0 Å². The zero-order valence-electron chi connectivity index (χ0n) is 13.7. The van der Waals surface area contributed by atoms with Gasteiger partial charge in [-0.05, 0) is 24.6 Å². The molecule has 24 heavy (non-hydrogen) atoms. The number of amides is 2. The van der Waals surface area contributed by atoms with Crippen LogP contribution in [0.2, 0.25) is 0 Å². The fraction of sp³-hybridized carbons (Fsp3) is 0.263. The van der Waals surface area contributed by atoms with Crippen LogP contribution in [0.25, 0.3) is 0 Å². The molecule has 5 nitrogen and oxygen atoms in total. The zero-order valence-corrected chi connectivity index (χ0v) is 13.7. The number of nitrogens with one attached hydrogen (secondary N) is 2. The first kappa shape index (κ1) is 17.7. The van der Waals surface area contributed by atoms with Crippen molar-refractivity contribution in [2.75, 3.05) is 18.5 Å². The molecule has 2 N–H and O–H groups in total. The lowest BCUT2D eigenvalue weighted by molar-refractivity contribution is -0.117. The highest BCUT2D eigenvalue weighted by molar-refractivity contribution is 6.03. The number of para-hydroxylation sites is 1. The summed E-state index contributed by atoms with van der Waals surface area (Å²) < 4.78 is 5.17. The maximum Gasteiger partial charge on any atom is 0.253 e. The van der Waals surface area contributed by atoms with Crippen molar-refractivity contribution in [3.8, 4) is 0 Å². The summed E-state index contributed by atoms with van der Waals surface area (Å²) in [5, 5.41) is 5.64. The minimum absolute atomic E-state index is 0.174. The Bertz CT molecular complexity index is 671. The number of benzene rings is 2. The molecule has 2 aromatic rings. The fourth-order valence-corrected chi connectivity index (χ4v) is 2.19. The summed E-state index contributed by atoms with van der Waals surface area (Å²) in [6.07, 6.45) is 0.258. The van der Waals surface area contributed by atoms with Gasteiger partial charge in [-0.15, -0.1) is 0 Å². The highest BCUT2D eigenvalue weighted by Gasteiger charge is 2.12. The van der Waals surface area contributed by atoms with Gasteiger partial charge in [0.05, 0.1) is 24.3 Å². The molecule has 0 aromatic heterocycles. The normalized spacial score (nSPS) is 10.2. The Morgan fingerprint density at radius 2 is 1.71 bits per heavy atom. The van der Waals surface area contributed by atoms with Crippen molar-refractivity contribution < 1.29 is 14.3 Å². The summed E-state index contributed by atoms with van der Waals surface area (Å²) in [5.74, 6) is -0.397. The molecule has 0 unspecified atom stereocenters. The first-order valence-corrected chi connectivity index (χ1v) is 7.99. The van der Waals surface area contributed by atoms with Crippen molar-refractivity contribution >= 4 is 17.5 Å². The molecule has 0 atom stereocenters. The van der Waals surface area contributed by atoms with E-state index in [1.165, 1.54) is 0 Å². The number of anilines is 1. The van der Waals surface area contributed by atoms with E-state index in [2.05, 4.69) is 10.6 Å². The molecule has 0 aliphatic carbocycles. The van der Waals surface area contributed by atoms with Crippen molar-refractivity contribution in [3.05, 3.63) is 65.7 Å². The van der Waals surface area contributed by atoms with Crippen molar-refractivity contribution in [2.24, 2.45) is 0 Å². The molecule has 0 spiro atoms. The second-order valence-corrected chi connectivity index (χ2v) is 5.21. The van der Waals surface area contributed by atoms with E-state index in [1.807, 2.05) is 37.3 Å². The lowest BCUT2D eigenvalue weighted by Crippen LogP contribution is -2.25. The Morgan fingerprint density at radius 3 is 2.46 bits per heavy atom. The topological polar surface area (TPSA) is 67.4 Å². The quantitative estimate of drug-likeness (QED) is 0.733. The van der Waals surface area contributed by atoms with Crippen LogP contribution < -0.4 is 10.6 Å². The van der Waals surface area contributed by atoms with Gasteiger partial charge in [-0.3, -0.25) is 9.59 Å². The van der Waals surface area contributed by atoms with Crippen LogP contribution in [0.3, 0.4) is 0 Å². The number of rotatable bonds is 8. The van der Waals surface area contributed by atoms with E-state index in [0.29, 0.717) is 31.0 Å². The number of carbonyl (C=O) groups is 2. The molecule has 0 aliphatic heterocycles. The Morgan fingerprint density at radius 1 is 1.00 bits per heavy atom. The molecule has 0 radical (unpaired) electrons. The summed E-state index contributed by atoms with van der Waals surface area (Å²) in [6.45, 7) is 3.26. The van der Waals surface area contributed by atoms with Crippen LogP contribution in [0, 0.1) is 0 Å². The SMILES string of the molecule is CCOCCC(=O)Nc1ccccc1C(=O)NCc1ccccc1. The highest BCUT2D eigenvalue weighted by atomic mass is 16.5. The van der Waals surface area contributed by atoms with Crippen molar-refractivity contribution in [2.45, 2.75) is 19.9 Å². The molecule has 0 fully saturated rings. The average Bonchev–Trinajstić information content (AvgIpc) is 2.61. The number of hydrogen-bond acceptors (Lipinski definition) is 3. The Kier molecular flexibility index (Phi) is 6.98. The van der Waals surface area contributed by atoms with Crippen LogP contribution in [0.15, 0.2) is 54.6 Å². The second-order valence-electron chi connectivity index (χ2n) is 5.21. The van der Waals surface area contributed by atoms with E-state index in [4.69, 9.17) is 4.74 Å². The van der Waals surface area contributed by atoms with Gasteiger partial charge in [0, 0.05) is 13.2 Å². The minimum atomic E-state index is -0.223. The summed E-state index contributed by atoms with van der Waals surface area (Å²) in [4.78, 5) is 24.3. The van der Waals surface area contributed by atoms with E-state index in [-0.39, 0.29) is 18.2 Å². The van der Waals surface area contributed by atoms with Crippen LogP contribution in [0.4, 0.5) is 5.69 Å². The van der Waals surface area contributed by atoms with Gasteiger partial charge >= 0.3 is 0 Å². The third kappa shape index (κ3) is 5.52. The van der Waals surface area contributed by atoms with Gasteiger partial charge in [-0.2, -0.15) is 0 Å². The Labute approximate surface area is 142 Å². The lowest BCUT2D eigenvalue weighted by Gasteiger charge is -2.11. The second kappa shape index (κ2) is 9.47. The molecule has 0 saturated heterocycles. The highest BCUT2D eigenvalue weighted by Crippen LogP contribution is 2.15. The first-order valence-electron chi connectivity index (χ1n) is 7.99. The number of ether oxygens (including phenoxy) is 1. The van der Waals surface area contributed by atoms with E-state index < -0.39 is 0 Å². The van der Waals surface area contributed by atoms with Crippen molar-refractivity contribution in [1.82, 2.24) is 5.32 Å². The molecule has 0 saturated carbocycles. The standard InChI is InChI=1S/C19H22N2O3/c1-2-24-13-12-18(22)21-17-11-7-6-10-16(17)19(23)20-14-15-8-4-3-5-9-15/h3-11H,2,12-14H2,1H3,(H,20,23)(H,21,22). The Balaban J connectivity index is 1.97. The molecule has 0 heterocycles. The molecular weight excluding hydrogens is 304 g/mol. The predicted octanol–water partition coefficient (Wildman–Crippen LogP) is 2.98. The van der Waals surface area contributed by atoms with Crippen molar-refractivity contribution in [3.63, 3.8) is 0 Å². The van der Waals surface area contributed by atoms with Crippen LogP contribution in [0.1, 0.15) is 29.3 Å². The third-order valence-corrected chi connectivity index (χ3v) is 3.42. The molecular formula is C19H22N2O3. The zero-order chi connectivity index (χ0) is 17.2. The van der Waals surface area contributed by atoms with Gasteiger partial charge in [-0.1, -0.05) is 42.5 Å². The summed E-state index contributed by atoms with van der Waals surface area (Å²) in [6, 6.07) is 16.6. The third-order valence-electron chi connectivity index (χ3n) is 3.42. The summed E-state index contributed by atoms with van der Waals surface area (Å²) in [7, 11) is 0. The number of hydrogen-bond donors (Lipinski definition) is 2. The summed E-state index contributed by atoms with van der Waals surface area (Å²) in [5.41, 5.74) is 1.96. The molecule has 126 valence electrons. The fourth-order valence-electron chi connectivity index (χ4n) is 2.19. The van der Waals surface area contributed by atoms with Crippen LogP contribution in [-0.4, -0.2) is 25.0 Å². The van der Waals surface area contributed by atoms with Crippen LogP contribution in [-0.2, 0) is 16.1 Å². The van der Waals surface area contributed by atoms with Crippen molar-refractivity contribution in [1.29, 1.82) is 0 Å². The maximum absolute atomic E-state index is 12.4. The lowest BCUT2D eigenvalue weighted by atomic mass is 10.1. The van der Waals surface area contributed by atoms with Gasteiger partial charge in [0.2, 0.25) is 5.91 Å². The van der Waals surface area contributed by atoms with E-state index in [9.17, 15) is 9.59 Å². The molecule has 2 rings (SSSR count). The van der Waals surface area contributed by atoms with E-state index >= 15 is 0 Å². The van der Waals surface area contributed by atoms with E-state index in [0.717, 1.165) is 5.56 Å².